The first kappa shape index (κ1) is 15.9. The number of nitrogens with one attached hydrogen (secondary N) is 1. The molecule has 3 heterocycles. The zero-order valence-corrected chi connectivity index (χ0v) is 14.2. The predicted octanol–water partition coefficient (Wildman–Crippen LogP) is 2.56. The second-order valence-electron chi connectivity index (χ2n) is 5.18. The van der Waals surface area contributed by atoms with Gasteiger partial charge in [-0.05, 0) is 12.1 Å². The third kappa shape index (κ3) is 3.52. The Balaban J connectivity index is 1.86. The fourth-order valence-electron chi connectivity index (χ4n) is 2.39. The van der Waals surface area contributed by atoms with Gasteiger partial charge in [0.1, 0.15) is 11.2 Å². The van der Waals surface area contributed by atoms with Crippen molar-refractivity contribution in [3.8, 4) is 0 Å². The smallest absolute Gasteiger partial charge is 0.262 e. The normalized spacial score (nSPS) is 11.4. The summed E-state index contributed by atoms with van der Waals surface area (Å²) in [5.41, 5.74) is 0.414. The molecule has 0 atom stereocenters. The summed E-state index contributed by atoms with van der Waals surface area (Å²) in [6.07, 6.45) is 3.36. The average molecular weight is 350 g/mol. The molecule has 6 nitrogen and oxygen atoms in total. The molecule has 0 aromatic carbocycles. The number of aromatic nitrogens is 4. The lowest BCUT2D eigenvalue weighted by Crippen LogP contribution is -2.25. The number of rotatable bonds is 6. The molecule has 8 heteroatoms. The van der Waals surface area contributed by atoms with E-state index in [2.05, 4.69) is 26.5 Å². The molecule has 0 aliphatic rings. The standard InChI is InChI=1S/C15H16ClN5OS/c1-3-6-21(8-10-4-5-12(16)23-10)9-13-18-14-11(15(22)19-13)7-17-20(14)2/h3-5,7H,1,6,8-9H2,2H3,(H,18,19,22). The molecule has 0 spiro atoms. The number of fused-ring (bicyclic) bond motifs is 1. The fourth-order valence-corrected chi connectivity index (χ4v) is 3.52. The molecule has 0 aliphatic heterocycles. The highest BCUT2D eigenvalue weighted by atomic mass is 35.5. The zero-order valence-electron chi connectivity index (χ0n) is 12.6. The largest absolute Gasteiger partial charge is 0.309 e. The fraction of sp³-hybridized carbons (Fsp3) is 0.267. The minimum atomic E-state index is -0.171. The Hall–Kier alpha value is -1.96. The van der Waals surface area contributed by atoms with Crippen molar-refractivity contribution in [1.29, 1.82) is 0 Å². The first-order valence-electron chi connectivity index (χ1n) is 7.05. The van der Waals surface area contributed by atoms with E-state index in [0.29, 0.717) is 29.9 Å². The van der Waals surface area contributed by atoms with Crippen molar-refractivity contribution in [2.75, 3.05) is 6.54 Å². The first-order chi connectivity index (χ1) is 11.1. The van der Waals surface area contributed by atoms with Gasteiger partial charge < -0.3 is 4.98 Å². The van der Waals surface area contributed by atoms with Crippen molar-refractivity contribution in [3.63, 3.8) is 0 Å². The van der Waals surface area contributed by atoms with Crippen LogP contribution < -0.4 is 5.56 Å². The highest BCUT2D eigenvalue weighted by Gasteiger charge is 2.12. The number of aryl methyl sites for hydroxylation is 1. The van der Waals surface area contributed by atoms with Crippen LogP contribution in [0.3, 0.4) is 0 Å². The van der Waals surface area contributed by atoms with Crippen LogP contribution in [0.1, 0.15) is 10.7 Å². The Morgan fingerprint density at radius 1 is 1.48 bits per heavy atom. The van der Waals surface area contributed by atoms with Crippen molar-refractivity contribution in [1.82, 2.24) is 24.6 Å². The zero-order chi connectivity index (χ0) is 16.4. The number of halogens is 1. The molecule has 1 N–H and O–H groups in total. The van der Waals surface area contributed by atoms with Gasteiger partial charge in [-0.3, -0.25) is 14.4 Å². The molecule has 23 heavy (non-hydrogen) atoms. The van der Waals surface area contributed by atoms with E-state index in [0.717, 1.165) is 15.8 Å². The number of H-pyrrole nitrogens is 1. The average Bonchev–Trinajstić information content (AvgIpc) is 3.06. The molecule has 3 rings (SSSR count). The van der Waals surface area contributed by atoms with Crippen LogP contribution in [0.15, 0.2) is 35.8 Å². The van der Waals surface area contributed by atoms with Crippen LogP contribution in [0.25, 0.3) is 11.0 Å². The van der Waals surface area contributed by atoms with E-state index < -0.39 is 0 Å². The molecule has 3 aromatic heterocycles. The van der Waals surface area contributed by atoms with Gasteiger partial charge in [-0.15, -0.1) is 17.9 Å². The third-order valence-corrected chi connectivity index (χ3v) is 4.64. The van der Waals surface area contributed by atoms with E-state index in [-0.39, 0.29) is 5.56 Å². The molecule has 0 aliphatic carbocycles. The lowest BCUT2D eigenvalue weighted by Gasteiger charge is -2.19. The van der Waals surface area contributed by atoms with Crippen LogP contribution in [-0.2, 0) is 20.1 Å². The summed E-state index contributed by atoms with van der Waals surface area (Å²) < 4.78 is 2.37. The number of hydrogen-bond acceptors (Lipinski definition) is 5. The summed E-state index contributed by atoms with van der Waals surface area (Å²) in [6, 6.07) is 3.89. The number of hydrogen-bond donors (Lipinski definition) is 1. The summed E-state index contributed by atoms with van der Waals surface area (Å²) >= 11 is 7.53. The highest BCUT2D eigenvalue weighted by Crippen LogP contribution is 2.23. The molecular formula is C15H16ClN5OS. The van der Waals surface area contributed by atoms with Crippen molar-refractivity contribution >= 4 is 34.0 Å². The van der Waals surface area contributed by atoms with Crippen molar-refractivity contribution in [3.05, 3.63) is 56.4 Å². The Morgan fingerprint density at radius 3 is 3.00 bits per heavy atom. The third-order valence-electron chi connectivity index (χ3n) is 3.42. The van der Waals surface area contributed by atoms with Gasteiger partial charge in [-0.25, -0.2) is 4.98 Å². The number of thiophene rings is 1. The van der Waals surface area contributed by atoms with Crippen LogP contribution in [0, 0.1) is 0 Å². The van der Waals surface area contributed by atoms with Gasteiger partial charge in [0.05, 0.1) is 17.1 Å². The molecule has 0 unspecified atom stereocenters. The van der Waals surface area contributed by atoms with Gasteiger partial charge in [0.25, 0.3) is 5.56 Å². The van der Waals surface area contributed by atoms with Crippen LogP contribution in [0.2, 0.25) is 4.34 Å². The first-order valence-corrected chi connectivity index (χ1v) is 8.24. The molecule has 120 valence electrons. The van der Waals surface area contributed by atoms with E-state index in [1.807, 2.05) is 18.2 Å². The molecule has 0 radical (unpaired) electrons. The minimum absolute atomic E-state index is 0.171. The van der Waals surface area contributed by atoms with E-state index in [1.165, 1.54) is 6.20 Å². The monoisotopic (exact) mass is 349 g/mol. The maximum absolute atomic E-state index is 12.1. The summed E-state index contributed by atoms with van der Waals surface area (Å²) in [6.45, 7) is 5.71. The van der Waals surface area contributed by atoms with Crippen LogP contribution >= 0.6 is 22.9 Å². The second kappa shape index (κ2) is 6.66. The quantitative estimate of drug-likeness (QED) is 0.694. The lowest BCUT2D eigenvalue weighted by atomic mass is 10.3. The summed E-state index contributed by atoms with van der Waals surface area (Å²) in [5, 5.41) is 4.57. The Kier molecular flexibility index (Phi) is 4.61. The minimum Gasteiger partial charge on any atom is -0.309 e. The molecule has 0 amide bonds. The molecule has 0 bridgehead atoms. The molecule has 3 aromatic rings. The van der Waals surface area contributed by atoms with E-state index in [4.69, 9.17) is 11.6 Å². The Labute approximate surface area is 142 Å². The molecular weight excluding hydrogens is 334 g/mol. The van der Waals surface area contributed by atoms with Crippen molar-refractivity contribution in [2.24, 2.45) is 7.05 Å². The maximum atomic E-state index is 12.1. The van der Waals surface area contributed by atoms with Gasteiger partial charge >= 0.3 is 0 Å². The Bertz CT molecular complexity index is 897. The lowest BCUT2D eigenvalue weighted by molar-refractivity contribution is 0.281. The predicted molar refractivity (Wildman–Crippen MR) is 92.8 cm³/mol. The van der Waals surface area contributed by atoms with E-state index in [1.54, 1.807) is 23.1 Å². The van der Waals surface area contributed by atoms with Crippen LogP contribution in [0.4, 0.5) is 0 Å². The molecule has 0 saturated carbocycles. The summed E-state index contributed by atoms with van der Waals surface area (Å²) in [5.74, 6) is 0.607. The topological polar surface area (TPSA) is 66.8 Å². The Morgan fingerprint density at radius 2 is 2.30 bits per heavy atom. The highest BCUT2D eigenvalue weighted by molar-refractivity contribution is 7.16. The van der Waals surface area contributed by atoms with Crippen molar-refractivity contribution < 1.29 is 0 Å². The van der Waals surface area contributed by atoms with E-state index >= 15 is 0 Å². The van der Waals surface area contributed by atoms with Crippen LogP contribution in [0.5, 0.6) is 0 Å². The van der Waals surface area contributed by atoms with Gasteiger partial charge in [-0.1, -0.05) is 17.7 Å². The molecule has 0 saturated heterocycles. The van der Waals surface area contributed by atoms with Gasteiger partial charge in [0, 0.05) is 25.0 Å². The second-order valence-corrected chi connectivity index (χ2v) is 6.98. The van der Waals surface area contributed by atoms with Crippen molar-refractivity contribution in [2.45, 2.75) is 13.1 Å². The molecule has 0 fully saturated rings. The number of nitrogens with zero attached hydrogens (tertiary/aromatic N) is 4. The SMILES string of the molecule is C=CCN(Cc1nc2c(cnn2C)c(=O)[nH]1)Cc1ccc(Cl)s1. The maximum Gasteiger partial charge on any atom is 0.262 e. The summed E-state index contributed by atoms with van der Waals surface area (Å²) in [7, 11) is 1.77. The van der Waals surface area contributed by atoms with Gasteiger partial charge in [0.15, 0.2) is 5.65 Å². The summed E-state index contributed by atoms with van der Waals surface area (Å²) in [4.78, 5) is 22.7. The van der Waals surface area contributed by atoms with E-state index in [9.17, 15) is 4.79 Å². The van der Waals surface area contributed by atoms with Crippen LogP contribution in [-0.4, -0.2) is 31.2 Å². The number of aromatic amines is 1. The van der Waals surface area contributed by atoms with Gasteiger partial charge in [-0.2, -0.15) is 5.10 Å². The van der Waals surface area contributed by atoms with Gasteiger partial charge in [0.2, 0.25) is 0 Å².